The van der Waals surface area contributed by atoms with E-state index < -0.39 is 52.8 Å². The number of amides is 1. The van der Waals surface area contributed by atoms with Gasteiger partial charge < -0.3 is 34.8 Å². The molecule has 0 atom stereocenters. The highest BCUT2D eigenvalue weighted by Crippen LogP contribution is 2.31. The topological polar surface area (TPSA) is 225 Å². The number of carbonyl (C=O) groups excluding carboxylic acids is 1. The fraction of sp³-hybridized carbons (Fsp3) is 0.362. The molecule has 0 unspecified atom stereocenters. The van der Waals surface area contributed by atoms with Crippen molar-refractivity contribution in [1.29, 1.82) is 0 Å². The Morgan fingerprint density at radius 1 is 0.768 bits per heavy atom. The van der Waals surface area contributed by atoms with Crippen LogP contribution in [0.15, 0.2) is 95.3 Å². The number of aryl methyl sites for hydroxylation is 1. The molecule has 6 rings (SSSR count). The van der Waals surface area contributed by atoms with E-state index in [1.807, 2.05) is 29.2 Å². The quantitative estimate of drug-likeness (QED) is 0.0387. The number of hydrogen-bond donors (Lipinski definition) is 4. The number of piperidine rings is 1. The summed E-state index contributed by atoms with van der Waals surface area (Å²) in [5.41, 5.74) is 2.27. The average molecular weight is 987 g/mol. The fourth-order valence-electron chi connectivity index (χ4n) is 6.94. The maximum Gasteiger partial charge on any atom is 0.416 e. The van der Waals surface area contributed by atoms with Gasteiger partial charge in [0.2, 0.25) is 5.91 Å². The van der Waals surface area contributed by atoms with E-state index in [9.17, 15) is 50.7 Å². The number of likely N-dealkylation sites (tertiary alicyclic amines) is 1. The summed E-state index contributed by atoms with van der Waals surface area (Å²) >= 11 is 1.04. The SMILES string of the molecule is CCN1CCC(N(Cc2ccc(-c3ccc(C(F)(F)F)cc3)cc2)C(=O)Cn2cc(Cc3cnn(C)c3)c(=O)nc2SCc2cccc(F)c2F)CC1.O=C(O)CCC(=O)O.O=C(O)CCC(=O)O. The van der Waals surface area contributed by atoms with Gasteiger partial charge in [-0.3, -0.25) is 33.4 Å². The minimum absolute atomic E-state index is 0.0172. The largest absolute Gasteiger partial charge is 0.481 e. The Kier molecular flexibility index (Phi) is 20.6. The van der Waals surface area contributed by atoms with E-state index in [0.29, 0.717) is 11.1 Å². The number of hydrogen-bond acceptors (Lipinski definition) is 10. The standard InChI is InChI=1S/C39H39F5N6O2S.2C4H6O4/c1-3-48-17-15-33(16-18-48)50(22-26-7-9-28(10-8-26)29-11-13-32(14-12-29)39(42,43)44)35(51)24-49-23-31(19-27-20-45-47(2)21-27)37(52)46-38(49)53-25-30-5-4-6-34(40)36(30)41;2*5-3(6)1-2-4(7)8/h4-14,20-21,23,33H,3,15-19,22,24-25H2,1-2H3;2*1-2H2,(H,5,6)(H,7,8). The molecule has 22 heteroatoms. The summed E-state index contributed by atoms with van der Waals surface area (Å²) in [4.78, 5) is 74.7. The molecule has 1 saturated heterocycles. The van der Waals surface area contributed by atoms with Gasteiger partial charge in [-0.15, -0.1) is 0 Å². The molecule has 3 heterocycles. The summed E-state index contributed by atoms with van der Waals surface area (Å²) in [5, 5.41) is 36.0. The van der Waals surface area contributed by atoms with Crippen LogP contribution in [0.4, 0.5) is 22.0 Å². The van der Waals surface area contributed by atoms with Crippen molar-refractivity contribution in [3.8, 4) is 11.1 Å². The minimum Gasteiger partial charge on any atom is -0.481 e. The van der Waals surface area contributed by atoms with Crippen molar-refractivity contribution >= 4 is 41.5 Å². The molecule has 1 aliphatic rings. The third-order valence-corrected chi connectivity index (χ3v) is 11.6. The Morgan fingerprint density at radius 2 is 1.32 bits per heavy atom. The zero-order valence-electron chi connectivity index (χ0n) is 37.6. The molecule has 1 amide bonds. The first kappa shape index (κ1) is 54.7. The van der Waals surface area contributed by atoms with Gasteiger partial charge in [0.1, 0.15) is 6.54 Å². The van der Waals surface area contributed by atoms with Crippen molar-refractivity contribution in [3.05, 3.63) is 135 Å². The van der Waals surface area contributed by atoms with Crippen LogP contribution in [0.3, 0.4) is 0 Å². The molecular weight excluding hydrogens is 936 g/mol. The summed E-state index contributed by atoms with van der Waals surface area (Å²) in [5.74, 6) is -6.49. The van der Waals surface area contributed by atoms with Crippen LogP contribution in [0.1, 0.15) is 73.3 Å². The maximum atomic E-state index is 14.6. The van der Waals surface area contributed by atoms with Gasteiger partial charge in [0.25, 0.3) is 5.56 Å². The molecule has 0 aliphatic carbocycles. The lowest BCUT2D eigenvalue weighted by molar-refractivity contribution is -0.143. The highest BCUT2D eigenvalue weighted by Gasteiger charge is 2.31. The summed E-state index contributed by atoms with van der Waals surface area (Å²) in [7, 11) is 1.77. The van der Waals surface area contributed by atoms with E-state index in [-0.39, 0.29) is 73.6 Å². The summed E-state index contributed by atoms with van der Waals surface area (Å²) in [6.07, 6.45) is 1.21. The van der Waals surface area contributed by atoms with Crippen molar-refractivity contribution in [1.82, 2.24) is 29.1 Å². The van der Waals surface area contributed by atoms with Crippen LogP contribution < -0.4 is 5.56 Å². The number of benzene rings is 3. The van der Waals surface area contributed by atoms with E-state index in [0.717, 1.165) is 79.1 Å². The molecule has 370 valence electrons. The molecule has 0 radical (unpaired) electrons. The molecule has 0 bridgehead atoms. The Labute approximate surface area is 397 Å². The summed E-state index contributed by atoms with van der Waals surface area (Å²) in [6, 6.07) is 16.2. The Bertz CT molecular complexity index is 2540. The van der Waals surface area contributed by atoms with E-state index in [4.69, 9.17) is 20.4 Å². The van der Waals surface area contributed by atoms with Crippen molar-refractivity contribution < 1.29 is 66.4 Å². The normalized spacial score (nSPS) is 12.8. The molecule has 4 N–H and O–H groups in total. The van der Waals surface area contributed by atoms with Gasteiger partial charge >= 0.3 is 30.1 Å². The number of aliphatic carboxylic acids is 4. The zero-order valence-corrected chi connectivity index (χ0v) is 38.4. The van der Waals surface area contributed by atoms with E-state index in [1.165, 1.54) is 24.3 Å². The molecule has 69 heavy (non-hydrogen) atoms. The lowest BCUT2D eigenvalue weighted by Crippen LogP contribution is -2.48. The third-order valence-electron chi connectivity index (χ3n) is 10.6. The third kappa shape index (κ3) is 17.9. The average Bonchev–Trinajstić information content (AvgIpc) is 3.72. The Balaban J connectivity index is 0.000000555. The molecule has 0 saturated carbocycles. The Morgan fingerprint density at radius 3 is 1.81 bits per heavy atom. The number of aromatic nitrogens is 4. The van der Waals surface area contributed by atoms with Crippen LogP contribution in [-0.2, 0) is 62.5 Å². The number of halogens is 5. The van der Waals surface area contributed by atoms with Crippen molar-refractivity contribution in [3.63, 3.8) is 0 Å². The molecule has 1 fully saturated rings. The number of rotatable bonds is 18. The second-order valence-electron chi connectivity index (χ2n) is 15.7. The number of thioether (sulfide) groups is 1. The molecule has 1 aliphatic heterocycles. The van der Waals surface area contributed by atoms with Gasteiger partial charge in [-0.05, 0) is 59.8 Å². The second kappa shape index (κ2) is 26.0. The van der Waals surface area contributed by atoms with Crippen molar-refractivity contribution in [2.24, 2.45) is 7.05 Å². The first-order valence-electron chi connectivity index (χ1n) is 21.4. The monoisotopic (exact) mass is 986 g/mol. The van der Waals surface area contributed by atoms with Crippen LogP contribution in [-0.4, -0.2) is 105 Å². The summed E-state index contributed by atoms with van der Waals surface area (Å²) in [6.45, 7) is 4.79. The van der Waals surface area contributed by atoms with Crippen molar-refractivity contribution in [2.75, 3.05) is 19.6 Å². The molecule has 0 spiro atoms. The van der Waals surface area contributed by atoms with E-state index in [1.54, 1.807) is 34.9 Å². The first-order valence-corrected chi connectivity index (χ1v) is 22.4. The number of carbonyl (C=O) groups is 5. The Hall–Kier alpha value is -6.94. The number of nitrogens with zero attached hydrogens (tertiary/aromatic N) is 6. The highest BCUT2D eigenvalue weighted by atomic mass is 32.2. The lowest BCUT2D eigenvalue weighted by Gasteiger charge is -2.38. The van der Waals surface area contributed by atoms with Gasteiger partial charge in [-0.2, -0.15) is 23.3 Å². The minimum atomic E-state index is -4.42. The maximum absolute atomic E-state index is 14.6. The van der Waals surface area contributed by atoms with Crippen molar-refractivity contribution in [2.45, 2.75) is 88.1 Å². The number of carboxylic acid groups (broad SMARTS) is 4. The van der Waals surface area contributed by atoms with Crippen LogP contribution in [0.2, 0.25) is 0 Å². The smallest absolute Gasteiger partial charge is 0.416 e. The van der Waals surface area contributed by atoms with Crippen LogP contribution in [0, 0.1) is 11.6 Å². The lowest BCUT2D eigenvalue weighted by atomic mass is 10.00. The van der Waals surface area contributed by atoms with Gasteiger partial charge in [0, 0.05) is 68.4 Å². The van der Waals surface area contributed by atoms with Crippen LogP contribution in [0.5, 0.6) is 0 Å². The number of alkyl halides is 3. The van der Waals surface area contributed by atoms with Gasteiger partial charge in [0.15, 0.2) is 16.8 Å². The molecular formula is C47H51F5N6O10S. The van der Waals surface area contributed by atoms with E-state index >= 15 is 0 Å². The van der Waals surface area contributed by atoms with Gasteiger partial charge in [-0.25, -0.2) is 8.78 Å². The first-order chi connectivity index (χ1) is 32.6. The second-order valence-corrected chi connectivity index (χ2v) is 16.7. The van der Waals surface area contributed by atoms with Gasteiger partial charge in [0.05, 0.1) is 37.4 Å². The summed E-state index contributed by atoms with van der Waals surface area (Å²) < 4.78 is 71.1. The highest BCUT2D eigenvalue weighted by molar-refractivity contribution is 7.98. The van der Waals surface area contributed by atoms with Crippen LogP contribution in [0.25, 0.3) is 11.1 Å². The predicted octanol–water partition coefficient (Wildman–Crippen LogP) is 7.21. The predicted molar refractivity (Wildman–Crippen MR) is 242 cm³/mol. The molecule has 3 aromatic carbocycles. The molecule has 2 aromatic heterocycles. The molecule has 16 nitrogen and oxygen atoms in total. The zero-order chi connectivity index (χ0) is 50.8. The van der Waals surface area contributed by atoms with Gasteiger partial charge in [-0.1, -0.05) is 67.2 Å². The fourth-order valence-corrected chi connectivity index (χ4v) is 7.88. The van der Waals surface area contributed by atoms with Crippen LogP contribution >= 0.6 is 11.8 Å². The van der Waals surface area contributed by atoms with E-state index in [2.05, 4.69) is 21.9 Å². The number of carboxylic acids is 4. The molecule has 5 aromatic rings.